The van der Waals surface area contributed by atoms with E-state index in [0.717, 1.165) is 6.07 Å². The fourth-order valence-corrected chi connectivity index (χ4v) is 3.34. The van der Waals surface area contributed by atoms with Crippen molar-refractivity contribution in [3.05, 3.63) is 67.9 Å². The molecule has 1 fully saturated rings. The molecule has 1 aliphatic rings. The molecule has 0 bridgehead atoms. The fourth-order valence-electron chi connectivity index (χ4n) is 2.85. The molecular weight excluding hydrogens is 384 g/mol. The number of nitrogens with zero attached hydrogens (tertiary/aromatic N) is 3. The third-order valence-electron chi connectivity index (χ3n) is 4.21. The van der Waals surface area contributed by atoms with Crippen molar-refractivity contribution < 1.29 is 14.1 Å². The quantitative estimate of drug-likeness (QED) is 0.579. The maximum atomic E-state index is 14.1. The summed E-state index contributed by atoms with van der Waals surface area (Å²) in [6, 6.07) is 8.25. The monoisotopic (exact) mass is 397 g/mol. The minimum absolute atomic E-state index is 0.213. The highest BCUT2D eigenvalue weighted by molar-refractivity contribution is 6.36. The number of rotatable bonds is 3. The Hall–Kier alpha value is -2.38. The van der Waals surface area contributed by atoms with Gasteiger partial charge in [0.15, 0.2) is 5.82 Å². The number of nitro groups is 1. The second kappa shape index (κ2) is 7.47. The third-order valence-corrected chi connectivity index (χ3v) is 4.76. The van der Waals surface area contributed by atoms with Gasteiger partial charge in [0.05, 0.1) is 27.3 Å². The number of benzene rings is 2. The topological polar surface area (TPSA) is 66.7 Å². The van der Waals surface area contributed by atoms with Crippen LogP contribution in [0.25, 0.3) is 0 Å². The summed E-state index contributed by atoms with van der Waals surface area (Å²) in [5, 5.41) is 11.4. The summed E-state index contributed by atoms with van der Waals surface area (Å²) in [5.74, 6) is -0.866. The van der Waals surface area contributed by atoms with Gasteiger partial charge in [-0.25, -0.2) is 4.39 Å². The number of non-ortho nitro benzene ring substituents is 1. The highest BCUT2D eigenvalue weighted by Gasteiger charge is 2.25. The van der Waals surface area contributed by atoms with E-state index in [4.69, 9.17) is 23.2 Å². The first-order chi connectivity index (χ1) is 12.4. The van der Waals surface area contributed by atoms with Gasteiger partial charge in [0.25, 0.3) is 11.6 Å². The molecule has 0 unspecified atom stereocenters. The molecule has 0 radical (unpaired) electrons. The first kappa shape index (κ1) is 18.4. The summed E-state index contributed by atoms with van der Waals surface area (Å²) in [5.41, 5.74) is 0.357. The lowest BCUT2D eigenvalue weighted by Crippen LogP contribution is -2.49. The molecule has 9 heteroatoms. The standard InChI is InChI=1S/C17H14Cl2FN3O3/c18-11-1-3-13(14(19)9-11)17(24)22-7-5-21(6-8-22)16-4-2-12(23(25)26)10-15(16)20/h1-4,9-10H,5-8H2. The Balaban J connectivity index is 1.69. The van der Waals surface area contributed by atoms with E-state index >= 15 is 0 Å². The molecule has 1 aliphatic heterocycles. The molecule has 26 heavy (non-hydrogen) atoms. The van der Waals surface area contributed by atoms with Crippen LogP contribution in [-0.4, -0.2) is 41.9 Å². The maximum Gasteiger partial charge on any atom is 0.272 e. The lowest BCUT2D eigenvalue weighted by molar-refractivity contribution is -0.385. The van der Waals surface area contributed by atoms with Gasteiger partial charge in [-0.2, -0.15) is 0 Å². The number of carbonyl (C=O) groups is 1. The van der Waals surface area contributed by atoms with Gasteiger partial charge in [-0.3, -0.25) is 14.9 Å². The van der Waals surface area contributed by atoms with Crippen LogP contribution in [0.15, 0.2) is 36.4 Å². The van der Waals surface area contributed by atoms with Crippen molar-refractivity contribution >= 4 is 40.5 Å². The summed E-state index contributed by atoms with van der Waals surface area (Å²) in [6.07, 6.45) is 0. The van der Waals surface area contributed by atoms with Gasteiger partial charge in [0.2, 0.25) is 0 Å². The molecule has 0 aromatic heterocycles. The van der Waals surface area contributed by atoms with Crippen LogP contribution in [0.2, 0.25) is 10.0 Å². The number of halogens is 3. The Bertz CT molecular complexity index is 870. The van der Waals surface area contributed by atoms with Crippen LogP contribution in [0.4, 0.5) is 15.8 Å². The summed E-state index contributed by atoms with van der Waals surface area (Å²) in [6.45, 7) is 1.58. The minimum Gasteiger partial charge on any atom is -0.366 e. The molecule has 1 amide bonds. The molecule has 1 saturated heterocycles. The summed E-state index contributed by atoms with van der Waals surface area (Å²) in [4.78, 5) is 26.0. The van der Waals surface area contributed by atoms with Gasteiger partial charge in [-0.15, -0.1) is 0 Å². The van der Waals surface area contributed by atoms with Gasteiger partial charge in [0, 0.05) is 37.3 Å². The summed E-state index contributed by atoms with van der Waals surface area (Å²) >= 11 is 11.9. The van der Waals surface area contributed by atoms with Crippen molar-refractivity contribution in [2.24, 2.45) is 0 Å². The largest absolute Gasteiger partial charge is 0.366 e. The number of anilines is 1. The Morgan fingerprint density at radius 3 is 2.35 bits per heavy atom. The van der Waals surface area contributed by atoms with Crippen LogP contribution < -0.4 is 4.90 Å². The molecule has 136 valence electrons. The van der Waals surface area contributed by atoms with E-state index in [1.165, 1.54) is 18.2 Å². The van der Waals surface area contributed by atoms with Gasteiger partial charge in [0.1, 0.15) is 0 Å². The molecule has 2 aromatic rings. The van der Waals surface area contributed by atoms with E-state index in [1.54, 1.807) is 21.9 Å². The van der Waals surface area contributed by atoms with Crippen LogP contribution >= 0.6 is 23.2 Å². The zero-order valence-corrected chi connectivity index (χ0v) is 15.0. The van der Waals surface area contributed by atoms with Gasteiger partial charge >= 0.3 is 0 Å². The number of amides is 1. The zero-order chi connectivity index (χ0) is 18.8. The highest BCUT2D eigenvalue weighted by atomic mass is 35.5. The van der Waals surface area contributed by atoms with E-state index in [-0.39, 0.29) is 22.3 Å². The summed E-state index contributed by atoms with van der Waals surface area (Å²) < 4.78 is 14.1. The number of piperazine rings is 1. The third kappa shape index (κ3) is 3.73. The van der Waals surface area contributed by atoms with Gasteiger partial charge in [-0.1, -0.05) is 23.2 Å². The van der Waals surface area contributed by atoms with Crippen molar-refractivity contribution in [1.82, 2.24) is 4.90 Å². The van der Waals surface area contributed by atoms with Crippen molar-refractivity contribution in [2.45, 2.75) is 0 Å². The van der Waals surface area contributed by atoms with E-state index in [9.17, 15) is 19.3 Å². The summed E-state index contributed by atoms with van der Waals surface area (Å²) in [7, 11) is 0. The Labute approximate surface area is 158 Å². The molecule has 0 aliphatic carbocycles. The zero-order valence-electron chi connectivity index (χ0n) is 13.5. The SMILES string of the molecule is O=C(c1ccc(Cl)cc1Cl)N1CCN(c2ccc([N+](=O)[O-])cc2F)CC1. The van der Waals surface area contributed by atoms with E-state index in [1.807, 2.05) is 0 Å². The first-order valence-electron chi connectivity index (χ1n) is 7.80. The van der Waals surface area contributed by atoms with Crippen molar-refractivity contribution in [3.8, 4) is 0 Å². The van der Waals surface area contributed by atoms with Crippen LogP contribution in [0.5, 0.6) is 0 Å². The second-order valence-corrected chi connectivity index (χ2v) is 6.64. The average molecular weight is 398 g/mol. The van der Waals surface area contributed by atoms with Crippen LogP contribution in [0.1, 0.15) is 10.4 Å². The lowest BCUT2D eigenvalue weighted by Gasteiger charge is -2.36. The smallest absolute Gasteiger partial charge is 0.272 e. The first-order valence-corrected chi connectivity index (χ1v) is 8.55. The Kier molecular flexibility index (Phi) is 5.29. The van der Waals surface area contributed by atoms with Gasteiger partial charge in [-0.05, 0) is 24.3 Å². The molecule has 3 rings (SSSR count). The maximum absolute atomic E-state index is 14.1. The molecule has 0 saturated carbocycles. The van der Waals surface area contributed by atoms with E-state index in [2.05, 4.69) is 0 Å². The molecular formula is C17H14Cl2FN3O3. The van der Waals surface area contributed by atoms with E-state index in [0.29, 0.717) is 36.8 Å². The fraction of sp³-hybridized carbons (Fsp3) is 0.235. The van der Waals surface area contributed by atoms with Crippen molar-refractivity contribution in [3.63, 3.8) is 0 Å². The Morgan fingerprint density at radius 2 is 1.77 bits per heavy atom. The number of hydrogen-bond acceptors (Lipinski definition) is 4. The molecule has 0 N–H and O–H groups in total. The molecule has 0 spiro atoms. The number of hydrogen-bond donors (Lipinski definition) is 0. The van der Waals surface area contributed by atoms with Crippen LogP contribution in [0, 0.1) is 15.9 Å². The van der Waals surface area contributed by atoms with E-state index < -0.39 is 10.7 Å². The predicted octanol–water partition coefficient (Wildman–Crippen LogP) is 4.00. The Morgan fingerprint density at radius 1 is 1.08 bits per heavy atom. The average Bonchev–Trinajstić information content (AvgIpc) is 2.61. The molecule has 2 aromatic carbocycles. The van der Waals surface area contributed by atoms with Gasteiger partial charge < -0.3 is 9.80 Å². The number of nitro benzene ring substituents is 1. The van der Waals surface area contributed by atoms with Crippen molar-refractivity contribution in [1.29, 1.82) is 0 Å². The normalized spacial score (nSPS) is 14.4. The molecule has 6 nitrogen and oxygen atoms in total. The molecule has 1 heterocycles. The minimum atomic E-state index is -0.653. The van der Waals surface area contributed by atoms with Crippen LogP contribution in [0.3, 0.4) is 0 Å². The highest BCUT2D eigenvalue weighted by Crippen LogP contribution is 2.26. The second-order valence-electron chi connectivity index (χ2n) is 5.80. The predicted molar refractivity (Wildman–Crippen MR) is 97.6 cm³/mol. The van der Waals surface area contributed by atoms with Crippen LogP contribution in [-0.2, 0) is 0 Å². The number of carbonyl (C=O) groups excluding carboxylic acids is 1. The molecule has 0 atom stereocenters. The lowest BCUT2D eigenvalue weighted by atomic mass is 10.1. The van der Waals surface area contributed by atoms with Crippen molar-refractivity contribution in [2.75, 3.05) is 31.1 Å².